The van der Waals surface area contributed by atoms with Gasteiger partial charge in [0.25, 0.3) is 0 Å². The molecule has 0 radical (unpaired) electrons. The van der Waals surface area contributed by atoms with Gasteiger partial charge in [0, 0.05) is 16.3 Å². The molecule has 2 rings (SSSR count). The molecule has 0 spiro atoms. The van der Waals surface area contributed by atoms with Crippen molar-refractivity contribution in [2.75, 3.05) is 5.73 Å². The van der Waals surface area contributed by atoms with Crippen LogP contribution in [0, 0.1) is 6.92 Å². The van der Waals surface area contributed by atoms with Gasteiger partial charge in [-0.25, -0.2) is 9.97 Å². The van der Waals surface area contributed by atoms with Crippen LogP contribution in [-0.4, -0.2) is 9.97 Å². The molecule has 1 aromatic carbocycles. The van der Waals surface area contributed by atoms with Crippen molar-refractivity contribution >= 4 is 17.5 Å². The first kappa shape index (κ1) is 11.9. The zero-order valence-electron chi connectivity index (χ0n) is 9.87. The fourth-order valence-electron chi connectivity index (χ4n) is 1.72. The maximum absolute atomic E-state index is 6.10. The maximum Gasteiger partial charge on any atom is 0.220 e. The summed E-state index contributed by atoms with van der Waals surface area (Å²) in [6.45, 7) is 4.01. The Balaban J connectivity index is 2.60. The number of halogens is 1. The maximum atomic E-state index is 6.10. The third-order valence-corrected chi connectivity index (χ3v) is 3.11. The number of benzene rings is 1. The van der Waals surface area contributed by atoms with Gasteiger partial charge in [-0.3, -0.25) is 0 Å². The van der Waals surface area contributed by atoms with Crippen LogP contribution in [0.4, 0.5) is 5.95 Å². The highest BCUT2D eigenvalue weighted by molar-refractivity contribution is 6.31. The molecular formula is C13H14ClN3. The molecule has 3 nitrogen and oxygen atoms in total. The molecule has 88 valence electrons. The zero-order valence-corrected chi connectivity index (χ0v) is 10.6. The van der Waals surface area contributed by atoms with Crippen molar-refractivity contribution in [3.05, 3.63) is 40.5 Å². The molecule has 2 aromatic rings. The van der Waals surface area contributed by atoms with Gasteiger partial charge in [-0.15, -0.1) is 0 Å². The van der Waals surface area contributed by atoms with E-state index >= 15 is 0 Å². The molecule has 0 atom stereocenters. The monoisotopic (exact) mass is 247 g/mol. The van der Waals surface area contributed by atoms with Crippen LogP contribution in [0.1, 0.15) is 18.2 Å². The molecule has 1 aromatic heterocycles. The highest BCUT2D eigenvalue weighted by Crippen LogP contribution is 2.27. The second-order valence-electron chi connectivity index (χ2n) is 3.87. The number of hydrogen-bond donors (Lipinski definition) is 1. The van der Waals surface area contributed by atoms with E-state index in [0.717, 1.165) is 34.0 Å². The summed E-state index contributed by atoms with van der Waals surface area (Å²) in [6.07, 6.45) is 0.833. The lowest BCUT2D eigenvalue weighted by Crippen LogP contribution is -2.00. The average Bonchev–Trinajstić information content (AvgIpc) is 2.31. The fraction of sp³-hybridized carbons (Fsp3) is 0.231. The molecule has 0 saturated heterocycles. The quantitative estimate of drug-likeness (QED) is 0.886. The topological polar surface area (TPSA) is 51.8 Å². The van der Waals surface area contributed by atoms with Crippen LogP contribution < -0.4 is 5.73 Å². The lowest BCUT2D eigenvalue weighted by molar-refractivity contribution is 1.01. The van der Waals surface area contributed by atoms with Crippen molar-refractivity contribution in [3.8, 4) is 11.3 Å². The van der Waals surface area contributed by atoms with Gasteiger partial charge in [-0.2, -0.15) is 0 Å². The largest absolute Gasteiger partial charge is 0.368 e. The second kappa shape index (κ2) is 4.72. The number of hydrogen-bond acceptors (Lipinski definition) is 3. The van der Waals surface area contributed by atoms with E-state index in [1.165, 1.54) is 0 Å². The predicted molar refractivity (Wildman–Crippen MR) is 71.0 cm³/mol. The Morgan fingerprint density at radius 2 is 2.06 bits per heavy atom. The van der Waals surface area contributed by atoms with Crippen LogP contribution >= 0.6 is 11.6 Å². The molecule has 0 amide bonds. The van der Waals surface area contributed by atoms with Crippen molar-refractivity contribution in [2.45, 2.75) is 20.3 Å². The van der Waals surface area contributed by atoms with E-state index < -0.39 is 0 Å². The van der Waals surface area contributed by atoms with Crippen molar-refractivity contribution in [1.29, 1.82) is 0 Å². The van der Waals surface area contributed by atoms with Crippen LogP contribution in [0.15, 0.2) is 24.3 Å². The van der Waals surface area contributed by atoms with Crippen LogP contribution in [0.25, 0.3) is 11.3 Å². The van der Waals surface area contributed by atoms with Crippen LogP contribution in [0.2, 0.25) is 5.02 Å². The molecule has 0 bridgehead atoms. The highest BCUT2D eigenvalue weighted by atomic mass is 35.5. The molecule has 0 aliphatic rings. The van der Waals surface area contributed by atoms with Gasteiger partial charge in [-0.1, -0.05) is 30.7 Å². The number of nitrogens with two attached hydrogens (primary N) is 1. The number of aryl methyl sites for hydroxylation is 1. The van der Waals surface area contributed by atoms with Crippen LogP contribution in [-0.2, 0) is 6.42 Å². The normalized spacial score (nSPS) is 10.5. The first-order valence-corrected chi connectivity index (χ1v) is 5.88. The Hall–Kier alpha value is -1.61. The van der Waals surface area contributed by atoms with Gasteiger partial charge in [0.15, 0.2) is 0 Å². The van der Waals surface area contributed by atoms with E-state index in [9.17, 15) is 0 Å². The summed E-state index contributed by atoms with van der Waals surface area (Å²) in [6, 6.07) is 7.72. The Labute approximate surface area is 106 Å². The Bertz CT molecular complexity index is 552. The average molecular weight is 248 g/mol. The van der Waals surface area contributed by atoms with Gasteiger partial charge >= 0.3 is 0 Å². The molecule has 0 aliphatic heterocycles. The summed E-state index contributed by atoms with van der Waals surface area (Å²) in [7, 11) is 0. The van der Waals surface area contributed by atoms with E-state index in [0.29, 0.717) is 5.95 Å². The van der Waals surface area contributed by atoms with Gasteiger partial charge in [0.05, 0.1) is 5.69 Å². The van der Waals surface area contributed by atoms with Gasteiger partial charge in [-0.05, 0) is 31.0 Å². The predicted octanol–water partition coefficient (Wildman–Crippen LogP) is 3.25. The standard InChI is InChI=1S/C13H14ClN3/c1-3-9-7-12(17-13(15)16-9)10-5-4-6-11(14)8(10)2/h4-7H,3H2,1-2H3,(H2,15,16,17). The van der Waals surface area contributed by atoms with E-state index in [1.54, 1.807) is 0 Å². The van der Waals surface area contributed by atoms with Gasteiger partial charge < -0.3 is 5.73 Å². The number of anilines is 1. The SMILES string of the molecule is CCc1cc(-c2cccc(Cl)c2C)nc(N)n1. The third-order valence-electron chi connectivity index (χ3n) is 2.70. The summed E-state index contributed by atoms with van der Waals surface area (Å²) < 4.78 is 0. The Morgan fingerprint density at radius 3 is 2.76 bits per heavy atom. The van der Waals surface area contributed by atoms with Crippen LogP contribution in [0.5, 0.6) is 0 Å². The van der Waals surface area contributed by atoms with Crippen molar-refractivity contribution in [2.24, 2.45) is 0 Å². The lowest BCUT2D eigenvalue weighted by atomic mass is 10.0. The van der Waals surface area contributed by atoms with Crippen LogP contribution in [0.3, 0.4) is 0 Å². The molecule has 2 N–H and O–H groups in total. The van der Waals surface area contributed by atoms with E-state index in [4.69, 9.17) is 17.3 Å². The molecular weight excluding hydrogens is 234 g/mol. The summed E-state index contributed by atoms with van der Waals surface area (Å²) >= 11 is 6.10. The number of nitrogen functional groups attached to an aromatic ring is 1. The Morgan fingerprint density at radius 1 is 1.29 bits per heavy atom. The molecule has 0 fully saturated rings. The number of rotatable bonds is 2. The number of nitrogens with zero attached hydrogens (tertiary/aromatic N) is 2. The third kappa shape index (κ3) is 2.39. The summed E-state index contributed by atoms with van der Waals surface area (Å²) in [4.78, 5) is 8.43. The minimum absolute atomic E-state index is 0.304. The minimum Gasteiger partial charge on any atom is -0.368 e. The summed E-state index contributed by atoms with van der Waals surface area (Å²) in [5.74, 6) is 0.304. The summed E-state index contributed by atoms with van der Waals surface area (Å²) in [5.41, 5.74) is 9.48. The smallest absolute Gasteiger partial charge is 0.220 e. The Kier molecular flexibility index (Phi) is 3.29. The molecule has 0 aliphatic carbocycles. The molecule has 17 heavy (non-hydrogen) atoms. The lowest BCUT2D eigenvalue weighted by Gasteiger charge is -2.08. The first-order valence-electron chi connectivity index (χ1n) is 5.50. The van der Waals surface area contributed by atoms with Crippen molar-refractivity contribution in [1.82, 2.24) is 9.97 Å². The van der Waals surface area contributed by atoms with E-state index in [2.05, 4.69) is 9.97 Å². The first-order chi connectivity index (χ1) is 8.11. The van der Waals surface area contributed by atoms with Crippen molar-refractivity contribution < 1.29 is 0 Å². The van der Waals surface area contributed by atoms with Crippen molar-refractivity contribution in [3.63, 3.8) is 0 Å². The highest BCUT2D eigenvalue weighted by Gasteiger charge is 2.08. The zero-order chi connectivity index (χ0) is 12.4. The second-order valence-corrected chi connectivity index (χ2v) is 4.28. The molecule has 0 unspecified atom stereocenters. The molecule has 4 heteroatoms. The number of aromatic nitrogens is 2. The molecule has 1 heterocycles. The van der Waals surface area contributed by atoms with E-state index in [-0.39, 0.29) is 0 Å². The minimum atomic E-state index is 0.304. The van der Waals surface area contributed by atoms with Gasteiger partial charge in [0.1, 0.15) is 0 Å². The van der Waals surface area contributed by atoms with E-state index in [1.807, 2.05) is 38.1 Å². The summed E-state index contributed by atoms with van der Waals surface area (Å²) in [5, 5.41) is 0.734. The van der Waals surface area contributed by atoms with Gasteiger partial charge in [0.2, 0.25) is 5.95 Å². The molecule has 0 saturated carbocycles. The fourth-order valence-corrected chi connectivity index (χ4v) is 1.90.